The van der Waals surface area contributed by atoms with E-state index in [4.69, 9.17) is 12.2 Å². The van der Waals surface area contributed by atoms with Crippen molar-refractivity contribution in [2.75, 3.05) is 10.5 Å². The quantitative estimate of drug-likeness (QED) is 0.526. The van der Waals surface area contributed by atoms with E-state index in [1.54, 1.807) is 41.6 Å². The SMILES string of the molecule is O=S(=O)(Nc1ccc(C2(O)CSC(=S)N2Cc2cccnc2)cc1)c1ccc(F)cc1. The number of halogens is 1. The Morgan fingerprint density at radius 1 is 1.16 bits per heavy atom. The van der Waals surface area contributed by atoms with Crippen LogP contribution in [0, 0.1) is 5.82 Å². The lowest BCUT2D eigenvalue weighted by atomic mass is 10.0. The fraction of sp³-hybridized carbons (Fsp3) is 0.143. The zero-order valence-electron chi connectivity index (χ0n) is 16.1. The average Bonchev–Trinajstić information content (AvgIpc) is 3.04. The fourth-order valence-corrected chi connectivity index (χ4v) is 5.68. The van der Waals surface area contributed by atoms with Gasteiger partial charge in [-0.05, 0) is 48.0 Å². The Morgan fingerprint density at radius 3 is 2.52 bits per heavy atom. The number of hydrogen-bond acceptors (Lipinski definition) is 6. The van der Waals surface area contributed by atoms with E-state index >= 15 is 0 Å². The predicted octanol–water partition coefficient (Wildman–Crippen LogP) is 3.70. The maximum atomic E-state index is 13.1. The molecule has 0 radical (unpaired) electrons. The number of anilines is 1. The summed E-state index contributed by atoms with van der Waals surface area (Å²) in [6.07, 6.45) is 3.40. The highest BCUT2D eigenvalue weighted by molar-refractivity contribution is 8.23. The van der Waals surface area contributed by atoms with Crippen molar-refractivity contribution in [1.29, 1.82) is 0 Å². The Morgan fingerprint density at radius 2 is 1.87 bits per heavy atom. The molecule has 0 bridgehead atoms. The number of nitrogens with one attached hydrogen (secondary N) is 1. The summed E-state index contributed by atoms with van der Waals surface area (Å²) < 4.78 is 41.1. The Hall–Kier alpha value is -2.53. The minimum absolute atomic E-state index is 0.0446. The number of sulfonamides is 1. The smallest absolute Gasteiger partial charge is 0.261 e. The molecule has 0 spiro atoms. The third-order valence-electron chi connectivity index (χ3n) is 4.85. The molecule has 1 aliphatic rings. The van der Waals surface area contributed by atoms with Crippen LogP contribution >= 0.6 is 24.0 Å². The molecule has 3 aromatic rings. The largest absolute Gasteiger partial charge is 0.366 e. The van der Waals surface area contributed by atoms with Crippen LogP contribution in [-0.2, 0) is 22.3 Å². The number of benzene rings is 2. The molecule has 4 rings (SSSR count). The van der Waals surface area contributed by atoms with Gasteiger partial charge in [0, 0.05) is 30.2 Å². The van der Waals surface area contributed by atoms with Crippen LogP contribution in [0.5, 0.6) is 0 Å². The highest BCUT2D eigenvalue weighted by Gasteiger charge is 2.44. The number of nitrogens with zero attached hydrogens (tertiary/aromatic N) is 2. The van der Waals surface area contributed by atoms with Crippen LogP contribution in [0.3, 0.4) is 0 Å². The molecule has 2 aromatic carbocycles. The molecule has 0 amide bonds. The molecule has 6 nitrogen and oxygen atoms in total. The number of thioether (sulfide) groups is 1. The van der Waals surface area contributed by atoms with Crippen molar-refractivity contribution in [2.24, 2.45) is 0 Å². The molecular formula is C21H18FN3O3S3. The Balaban J connectivity index is 1.55. The Labute approximate surface area is 189 Å². The minimum atomic E-state index is -3.86. The summed E-state index contributed by atoms with van der Waals surface area (Å²) in [5.41, 5.74) is 0.498. The van der Waals surface area contributed by atoms with E-state index < -0.39 is 21.6 Å². The highest BCUT2D eigenvalue weighted by Crippen LogP contribution is 2.40. The van der Waals surface area contributed by atoms with E-state index in [1.165, 1.54) is 23.9 Å². The van der Waals surface area contributed by atoms with Gasteiger partial charge in [-0.3, -0.25) is 9.71 Å². The van der Waals surface area contributed by atoms with Crippen molar-refractivity contribution < 1.29 is 17.9 Å². The van der Waals surface area contributed by atoms with Crippen LogP contribution in [0.1, 0.15) is 11.1 Å². The number of hydrogen-bond donors (Lipinski definition) is 2. The first kappa shape index (κ1) is 21.7. The van der Waals surface area contributed by atoms with Gasteiger partial charge >= 0.3 is 0 Å². The average molecular weight is 476 g/mol. The summed E-state index contributed by atoms with van der Waals surface area (Å²) in [6.45, 7) is 0.398. The van der Waals surface area contributed by atoms with Crippen molar-refractivity contribution in [3.63, 3.8) is 0 Å². The second kappa shape index (κ2) is 8.54. The molecule has 1 atom stereocenters. The molecule has 31 heavy (non-hydrogen) atoms. The van der Waals surface area contributed by atoms with E-state index in [1.807, 2.05) is 12.1 Å². The van der Waals surface area contributed by atoms with E-state index in [9.17, 15) is 17.9 Å². The lowest BCUT2D eigenvalue weighted by Crippen LogP contribution is -2.44. The van der Waals surface area contributed by atoms with Crippen molar-refractivity contribution in [3.8, 4) is 0 Å². The molecule has 10 heteroatoms. The van der Waals surface area contributed by atoms with Crippen LogP contribution in [-0.4, -0.2) is 33.5 Å². The van der Waals surface area contributed by atoms with E-state index in [2.05, 4.69) is 9.71 Å². The number of rotatable bonds is 6. The van der Waals surface area contributed by atoms with Crippen LogP contribution in [0.25, 0.3) is 0 Å². The minimum Gasteiger partial charge on any atom is -0.366 e. The molecule has 1 unspecified atom stereocenters. The molecule has 2 heterocycles. The number of aromatic nitrogens is 1. The molecule has 1 saturated heterocycles. The summed E-state index contributed by atoms with van der Waals surface area (Å²) in [5, 5.41) is 11.4. The van der Waals surface area contributed by atoms with Gasteiger partial charge in [0.1, 0.15) is 10.1 Å². The zero-order chi connectivity index (χ0) is 22.1. The van der Waals surface area contributed by atoms with Gasteiger partial charge in [0.25, 0.3) is 10.0 Å². The Bertz CT molecular complexity index is 1190. The third-order valence-corrected chi connectivity index (χ3v) is 7.84. The lowest BCUT2D eigenvalue weighted by molar-refractivity contribution is -0.0508. The molecule has 1 aliphatic heterocycles. The van der Waals surface area contributed by atoms with Gasteiger partial charge in [-0.1, -0.05) is 42.2 Å². The highest BCUT2D eigenvalue weighted by atomic mass is 32.2. The first-order valence-corrected chi connectivity index (χ1v) is 12.1. The predicted molar refractivity (Wildman–Crippen MR) is 122 cm³/mol. The second-order valence-corrected chi connectivity index (χ2v) is 10.2. The number of pyridine rings is 1. The van der Waals surface area contributed by atoms with Gasteiger partial charge in [-0.15, -0.1) is 0 Å². The summed E-state index contributed by atoms with van der Waals surface area (Å²) in [7, 11) is -3.86. The third kappa shape index (κ3) is 4.57. The maximum absolute atomic E-state index is 13.1. The topological polar surface area (TPSA) is 82.5 Å². The van der Waals surface area contributed by atoms with Crippen molar-refractivity contribution >= 4 is 44.0 Å². The standard InChI is InChI=1S/C21H18FN3O3S3/c22-17-5-9-19(10-6-17)31(27,28)24-18-7-3-16(4-8-18)21(26)14-30-20(29)25(21)13-15-2-1-11-23-12-15/h1-12,24,26H,13-14H2. The van der Waals surface area contributed by atoms with Crippen LogP contribution < -0.4 is 4.72 Å². The zero-order valence-corrected chi connectivity index (χ0v) is 18.6. The van der Waals surface area contributed by atoms with Crippen LogP contribution in [0.2, 0.25) is 0 Å². The molecule has 0 saturated carbocycles. The van der Waals surface area contributed by atoms with Gasteiger partial charge in [0.15, 0.2) is 5.72 Å². The summed E-state index contributed by atoms with van der Waals surface area (Å²) in [5.74, 6) is -0.160. The van der Waals surface area contributed by atoms with Crippen LogP contribution in [0.15, 0.2) is 78.0 Å². The fourth-order valence-electron chi connectivity index (χ4n) is 3.21. The van der Waals surface area contributed by atoms with E-state index in [-0.39, 0.29) is 4.90 Å². The lowest BCUT2D eigenvalue weighted by Gasteiger charge is -2.34. The Kier molecular flexibility index (Phi) is 5.98. The van der Waals surface area contributed by atoms with E-state index in [0.717, 1.165) is 17.7 Å². The number of aliphatic hydroxyl groups is 1. The monoisotopic (exact) mass is 475 g/mol. The summed E-state index contributed by atoms with van der Waals surface area (Å²) in [6, 6.07) is 14.8. The molecule has 160 valence electrons. The molecule has 1 aromatic heterocycles. The molecular weight excluding hydrogens is 457 g/mol. The molecule has 1 fully saturated rings. The maximum Gasteiger partial charge on any atom is 0.261 e. The first-order chi connectivity index (χ1) is 14.8. The van der Waals surface area contributed by atoms with Gasteiger partial charge in [-0.2, -0.15) is 0 Å². The van der Waals surface area contributed by atoms with Gasteiger partial charge in [0.2, 0.25) is 0 Å². The van der Waals surface area contributed by atoms with Gasteiger partial charge in [0.05, 0.1) is 10.6 Å². The van der Waals surface area contributed by atoms with Crippen molar-refractivity contribution in [3.05, 3.63) is 90.0 Å². The summed E-state index contributed by atoms with van der Waals surface area (Å²) >= 11 is 6.82. The molecule has 2 N–H and O–H groups in total. The van der Waals surface area contributed by atoms with E-state index in [0.29, 0.717) is 27.9 Å². The number of thiocarbonyl (C=S) groups is 1. The van der Waals surface area contributed by atoms with Gasteiger partial charge < -0.3 is 10.0 Å². The van der Waals surface area contributed by atoms with Crippen molar-refractivity contribution in [1.82, 2.24) is 9.88 Å². The molecule has 0 aliphatic carbocycles. The van der Waals surface area contributed by atoms with Crippen molar-refractivity contribution in [2.45, 2.75) is 17.2 Å². The van der Waals surface area contributed by atoms with Crippen LogP contribution in [0.4, 0.5) is 10.1 Å². The van der Waals surface area contributed by atoms with Gasteiger partial charge in [-0.25, -0.2) is 12.8 Å². The first-order valence-electron chi connectivity index (χ1n) is 9.22. The second-order valence-electron chi connectivity index (χ2n) is 6.96. The summed E-state index contributed by atoms with van der Waals surface area (Å²) in [4.78, 5) is 5.80. The normalized spacial score (nSPS) is 18.9.